The maximum Gasteiger partial charge on any atom is 0.430 e. The van der Waals surface area contributed by atoms with Crippen molar-refractivity contribution in [1.82, 2.24) is 20.1 Å². The zero-order valence-electron chi connectivity index (χ0n) is 16.7. The second kappa shape index (κ2) is 8.43. The van der Waals surface area contributed by atoms with Gasteiger partial charge in [-0.3, -0.25) is 4.72 Å². The number of hydrogen-bond donors (Lipinski definition) is 1. The Bertz CT molecular complexity index is 1420. The smallest absolute Gasteiger partial charge is 0.430 e. The summed E-state index contributed by atoms with van der Waals surface area (Å²) in [4.78, 5) is 11.2. The van der Waals surface area contributed by atoms with E-state index in [1.165, 1.54) is 26.0 Å². The van der Waals surface area contributed by atoms with Crippen LogP contribution in [0.25, 0.3) is 11.0 Å². The molecule has 4 rings (SSSR count). The minimum atomic E-state index is -4.89. The van der Waals surface area contributed by atoms with Crippen LogP contribution in [0.2, 0.25) is 4.47 Å². The largest absolute Gasteiger partial charge is 0.456 e. The van der Waals surface area contributed by atoms with Crippen molar-refractivity contribution in [2.24, 2.45) is 0 Å². The highest BCUT2D eigenvalue weighted by molar-refractivity contribution is 7.92. The van der Waals surface area contributed by atoms with Gasteiger partial charge in [0.15, 0.2) is 15.1 Å². The van der Waals surface area contributed by atoms with Gasteiger partial charge in [0.2, 0.25) is 11.9 Å². The predicted octanol–water partition coefficient (Wildman–Crippen LogP) is 4.83. The van der Waals surface area contributed by atoms with Gasteiger partial charge in [-0.1, -0.05) is 28.9 Å². The summed E-state index contributed by atoms with van der Waals surface area (Å²) in [6, 6.07) is 6.22. The highest BCUT2D eigenvalue weighted by Gasteiger charge is 2.45. The van der Waals surface area contributed by atoms with Gasteiger partial charge in [-0.2, -0.15) is 13.2 Å². The zero-order chi connectivity index (χ0) is 24.0. The first-order valence-corrected chi connectivity index (χ1v) is 11.7. The molecule has 1 atom stereocenters. The van der Waals surface area contributed by atoms with Gasteiger partial charge in [0, 0.05) is 6.20 Å². The highest BCUT2D eigenvalue weighted by atomic mass is 35.5. The summed E-state index contributed by atoms with van der Waals surface area (Å²) in [6.07, 6.45) is -6.48. The Balaban J connectivity index is 1.83. The molecule has 0 saturated carbocycles. The second-order valence-corrected chi connectivity index (χ2v) is 9.94. The fourth-order valence-corrected chi connectivity index (χ4v) is 5.29. The van der Waals surface area contributed by atoms with Gasteiger partial charge in [0.1, 0.15) is 5.69 Å². The van der Waals surface area contributed by atoms with E-state index in [-0.39, 0.29) is 36.7 Å². The molecule has 15 heteroatoms. The van der Waals surface area contributed by atoms with Crippen LogP contribution in [-0.4, -0.2) is 34.7 Å². The Hall–Kier alpha value is -2.97. The van der Waals surface area contributed by atoms with Gasteiger partial charge in [-0.05, 0) is 26.0 Å². The van der Waals surface area contributed by atoms with Crippen LogP contribution < -0.4 is 9.46 Å². The summed E-state index contributed by atoms with van der Waals surface area (Å²) < 4.78 is 79.5. The molecule has 0 fully saturated rings. The molecule has 0 spiro atoms. The summed E-state index contributed by atoms with van der Waals surface area (Å²) in [5.41, 5.74) is 0.477. The summed E-state index contributed by atoms with van der Waals surface area (Å²) in [5, 5.41) is 3.59. The van der Waals surface area contributed by atoms with Gasteiger partial charge in [0.25, 0.3) is 15.9 Å². The van der Waals surface area contributed by atoms with E-state index in [0.29, 0.717) is 11.3 Å². The standard InChI is InChI=1S/C18H13ClF3N5O4S2/c1-8-13(9(2)31-26-8)33(28,29)27-15-16(25-11-6-4-3-5-10(11)24-15)30-14(18(20,21)22)12-7-23-17(19)32-12/h3-7,14H,1-2H3,(H,24,27). The summed E-state index contributed by atoms with van der Waals surface area (Å²) in [7, 11) is -4.36. The molecule has 1 N–H and O–H groups in total. The van der Waals surface area contributed by atoms with Crippen LogP contribution in [0.3, 0.4) is 0 Å². The quantitative estimate of drug-likeness (QED) is 0.384. The van der Waals surface area contributed by atoms with E-state index in [0.717, 1.165) is 6.20 Å². The lowest BCUT2D eigenvalue weighted by Crippen LogP contribution is -2.26. The molecule has 0 aliphatic heterocycles. The molecule has 3 heterocycles. The maximum absolute atomic E-state index is 13.8. The molecule has 1 aromatic carbocycles. The number of anilines is 1. The van der Waals surface area contributed by atoms with E-state index in [1.54, 1.807) is 12.1 Å². The lowest BCUT2D eigenvalue weighted by atomic mass is 10.3. The van der Waals surface area contributed by atoms with E-state index >= 15 is 0 Å². The Kier molecular flexibility index (Phi) is 5.92. The number of aromatic nitrogens is 4. The number of benzene rings is 1. The average Bonchev–Trinajstić information content (AvgIpc) is 3.30. The fraction of sp³-hybridized carbons (Fsp3) is 0.222. The van der Waals surface area contributed by atoms with E-state index in [9.17, 15) is 21.6 Å². The molecule has 0 radical (unpaired) electrons. The van der Waals surface area contributed by atoms with Crippen LogP contribution in [0, 0.1) is 13.8 Å². The Morgan fingerprint density at radius 2 is 1.85 bits per heavy atom. The molecule has 4 aromatic rings. The normalized spacial score (nSPS) is 13.3. The van der Waals surface area contributed by atoms with Crippen molar-refractivity contribution < 1.29 is 30.8 Å². The lowest BCUT2D eigenvalue weighted by molar-refractivity contribution is -0.197. The van der Waals surface area contributed by atoms with Crippen LogP contribution >= 0.6 is 22.9 Å². The SMILES string of the molecule is Cc1noc(C)c1S(=O)(=O)Nc1nc2ccccc2nc1OC(c1cnc(Cl)s1)C(F)(F)F. The molecular formula is C18H13ClF3N5O4S2. The first kappa shape index (κ1) is 23.2. The van der Waals surface area contributed by atoms with Crippen LogP contribution in [0.15, 0.2) is 39.9 Å². The molecule has 0 bridgehead atoms. The molecule has 3 aromatic heterocycles. The van der Waals surface area contributed by atoms with Gasteiger partial charge in [0.05, 0.1) is 15.9 Å². The predicted molar refractivity (Wildman–Crippen MR) is 113 cm³/mol. The number of rotatable bonds is 6. The lowest BCUT2D eigenvalue weighted by Gasteiger charge is -2.21. The van der Waals surface area contributed by atoms with Gasteiger partial charge in [-0.15, -0.1) is 11.3 Å². The van der Waals surface area contributed by atoms with Gasteiger partial charge < -0.3 is 9.26 Å². The number of nitrogens with zero attached hydrogens (tertiary/aromatic N) is 4. The van der Waals surface area contributed by atoms with Gasteiger partial charge in [-0.25, -0.2) is 23.4 Å². The molecule has 0 aliphatic rings. The molecular weight excluding hydrogens is 507 g/mol. The van der Waals surface area contributed by atoms with Crippen molar-refractivity contribution in [3.8, 4) is 5.88 Å². The van der Waals surface area contributed by atoms with Crippen molar-refractivity contribution in [1.29, 1.82) is 0 Å². The third-order valence-electron chi connectivity index (χ3n) is 4.29. The molecule has 1 unspecified atom stereocenters. The average molecular weight is 520 g/mol. The van der Waals surface area contributed by atoms with Crippen LogP contribution in [-0.2, 0) is 10.0 Å². The molecule has 0 saturated heterocycles. The van der Waals surface area contributed by atoms with Crippen LogP contribution in [0.5, 0.6) is 5.88 Å². The van der Waals surface area contributed by atoms with Crippen molar-refractivity contribution in [3.63, 3.8) is 0 Å². The van der Waals surface area contributed by atoms with Crippen molar-refractivity contribution in [2.45, 2.75) is 31.0 Å². The number of nitrogens with one attached hydrogen (secondary N) is 1. The first-order chi connectivity index (χ1) is 15.5. The van der Waals surface area contributed by atoms with Crippen LogP contribution in [0.4, 0.5) is 19.0 Å². The van der Waals surface area contributed by atoms with E-state index in [2.05, 4.69) is 24.8 Å². The second-order valence-electron chi connectivity index (χ2n) is 6.68. The van der Waals surface area contributed by atoms with Crippen molar-refractivity contribution in [2.75, 3.05) is 4.72 Å². The minimum absolute atomic E-state index is 0.0105. The number of aryl methyl sites for hydroxylation is 2. The number of fused-ring (bicyclic) bond motifs is 1. The van der Waals surface area contributed by atoms with Gasteiger partial charge >= 0.3 is 6.18 Å². The molecule has 9 nitrogen and oxygen atoms in total. The minimum Gasteiger partial charge on any atom is -0.456 e. The summed E-state index contributed by atoms with van der Waals surface area (Å²) >= 11 is 6.26. The monoisotopic (exact) mass is 519 g/mol. The fourth-order valence-electron chi connectivity index (χ4n) is 2.95. The molecule has 174 valence electrons. The number of ether oxygens (including phenoxy) is 1. The Morgan fingerprint density at radius 1 is 1.18 bits per heavy atom. The van der Waals surface area contributed by atoms with Crippen LogP contribution in [0.1, 0.15) is 22.4 Å². The number of sulfonamides is 1. The highest BCUT2D eigenvalue weighted by Crippen LogP contribution is 2.41. The van der Waals surface area contributed by atoms with Crippen molar-refractivity contribution in [3.05, 3.63) is 51.3 Å². The summed E-state index contributed by atoms with van der Waals surface area (Å²) in [6.45, 7) is 2.78. The zero-order valence-corrected chi connectivity index (χ0v) is 19.1. The third-order valence-corrected chi connectivity index (χ3v) is 7.03. The number of halogens is 4. The number of alkyl halides is 3. The topological polar surface area (TPSA) is 120 Å². The van der Waals surface area contributed by atoms with E-state index in [1.807, 2.05) is 0 Å². The molecule has 0 amide bonds. The molecule has 0 aliphatic carbocycles. The van der Waals surface area contributed by atoms with Crippen molar-refractivity contribution >= 4 is 49.8 Å². The third kappa shape index (κ3) is 4.72. The first-order valence-electron chi connectivity index (χ1n) is 9.03. The molecule has 33 heavy (non-hydrogen) atoms. The summed E-state index contributed by atoms with van der Waals surface area (Å²) in [5.74, 6) is -1.24. The number of para-hydroxylation sites is 2. The van der Waals surface area contributed by atoms with E-state index in [4.69, 9.17) is 20.9 Å². The Morgan fingerprint density at radius 3 is 2.39 bits per heavy atom. The van der Waals surface area contributed by atoms with E-state index < -0.39 is 34.0 Å². The maximum atomic E-state index is 13.8. The Labute approximate surface area is 193 Å². The number of hydrogen-bond acceptors (Lipinski definition) is 9. The number of thiazole rings is 1.